The summed E-state index contributed by atoms with van der Waals surface area (Å²) in [6, 6.07) is 11.6. The molecule has 1 aliphatic carbocycles. The van der Waals surface area contributed by atoms with Crippen molar-refractivity contribution in [2.45, 2.75) is 38.8 Å². The molecule has 2 aromatic rings. The van der Waals surface area contributed by atoms with Gasteiger partial charge in [0.2, 0.25) is 0 Å². The standard InChI is InChI=1S/C26H32F3N3O2/c1-18-22(20-4-6-21(7-5-20)24(33)30-2)8-9-23(31-18)34-16-19-10-14-32(3,15-11-19)17-25(12-13-25)26(27,28)29/h4-9,19H,10-17H2,1-3H3/p+3. The average molecular weight is 479 g/mol. The van der Waals surface area contributed by atoms with Crippen molar-refractivity contribution >= 4 is 5.90 Å². The maximum absolute atomic E-state index is 13.4. The average Bonchev–Trinajstić information content (AvgIpc) is 3.59. The van der Waals surface area contributed by atoms with Gasteiger partial charge >= 0.3 is 18.0 Å². The van der Waals surface area contributed by atoms with Crippen molar-refractivity contribution in [3.05, 3.63) is 47.7 Å². The Hall–Kier alpha value is -2.61. The summed E-state index contributed by atoms with van der Waals surface area (Å²) in [6.45, 7) is 4.30. The van der Waals surface area contributed by atoms with E-state index in [-0.39, 0.29) is 25.3 Å². The Balaban J connectivity index is 1.31. The first-order valence-corrected chi connectivity index (χ1v) is 11.9. The molecule has 1 saturated heterocycles. The highest BCUT2D eigenvalue weighted by molar-refractivity contribution is 5.88. The van der Waals surface area contributed by atoms with Crippen molar-refractivity contribution in [1.82, 2.24) is 0 Å². The topological polar surface area (TPSA) is 57.6 Å². The van der Waals surface area contributed by atoms with E-state index in [9.17, 15) is 18.3 Å². The highest BCUT2D eigenvalue weighted by atomic mass is 19.4. The fourth-order valence-corrected chi connectivity index (χ4v) is 5.12. The van der Waals surface area contributed by atoms with Crippen molar-refractivity contribution < 1.29 is 37.5 Å². The van der Waals surface area contributed by atoms with Crippen LogP contribution >= 0.6 is 0 Å². The summed E-state index contributed by atoms with van der Waals surface area (Å²) in [4.78, 5) is 6.04. The zero-order valence-corrected chi connectivity index (χ0v) is 20.1. The van der Waals surface area contributed by atoms with Gasteiger partial charge in [0.15, 0.2) is 5.69 Å². The van der Waals surface area contributed by atoms with Gasteiger partial charge in [-0.2, -0.15) is 18.2 Å². The number of nitrogens with one attached hydrogen (secondary N) is 2. The number of ether oxygens (including phenoxy) is 1. The number of H-pyrrole nitrogens is 1. The van der Waals surface area contributed by atoms with Gasteiger partial charge in [-0.25, -0.2) is 4.99 Å². The smallest absolute Gasteiger partial charge is 0.399 e. The van der Waals surface area contributed by atoms with Crippen molar-refractivity contribution in [2.24, 2.45) is 11.3 Å². The van der Waals surface area contributed by atoms with Crippen LogP contribution < -0.4 is 14.7 Å². The molecule has 3 N–H and O–H groups in total. The molecule has 0 bridgehead atoms. The normalized spacial score (nSPS) is 24.6. The van der Waals surface area contributed by atoms with Gasteiger partial charge in [0, 0.05) is 31.2 Å². The van der Waals surface area contributed by atoms with Gasteiger partial charge in [-0.3, -0.25) is 0 Å². The van der Waals surface area contributed by atoms with Gasteiger partial charge in [0.05, 0.1) is 44.9 Å². The number of alkyl halides is 3. The number of rotatable bonds is 7. The van der Waals surface area contributed by atoms with Crippen LogP contribution in [0.15, 0.2) is 36.4 Å². The lowest BCUT2D eigenvalue weighted by Crippen LogP contribution is -2.68. The summed E-state index contributed by atoms with van der Waals surface area (Å²) >= 11 is 0. The Morgan fingerprint density at radius 3 is 2.32 bits per heavy atom. The van der Waals surface area contributed by atoms with Gasteiger partial charge in [-0.05, 0) is 36.6 Å². The lowest BCUT2D eigenvalue weighted by Gasteiger charge is -2.43. The number of piperidine rings is 1. The van der Waals surface area contributed by atoms with Crippen LogP contribution in [0.25, 0.3) is 11.1 Å². The molecular formula is C26H35F3N3O2+3. The van der Waals surface area contributed by atoms with Gasteiger partial charge in [-0.1, -0.05) is 12.1 Å². The van der Waals surface area contributed by atoms with Crippen molar-refractivity contribution in [2.75, 3.05) is 40.3 Å². The zero-order valence-electron chi connectivity index (χ0n) is 20.1. The van der Waals surface area contributed by atoms with E-state index in [1.807, 2.05) is 50.4 Å². The zero-order chi connectivity index (χ0) is 24.6. The summed E-state index contributed by atoms with van der Waals surface area (Å²) < 4.78 is 46.7. The van der Waals surface area contributed by atoms with Crippen LogP contribution in [-0.2, 0) is 0 Å². The third-order valence-corrected chi connectivity index (χ3v) is 7.59. The van der Waals surface area contributed by atoms with Crippen molar-refractivity contribution in [3.8, 4) is 17.0 Å². The Labute approximate surface area is 198 Å². The summed E-state index contributed by atoms with van der Waals surface area (Å²) in [7, 11) is 3.65. The van der Waals surface area contributed by atoms with Gasteiger partial charge < -0.3 is 14.3 Å². The molecule has 2 fully saturated rings. The van der Waals surface area contributed by atoms with Crippen LogP contribution in [0.4, 0.5) is 13.2 Å². The molecule has 0 amide bonds. The molecule has 34 heavy (non-hydrogen) atoms. The van der Waals surface area contributed by atoms with Crippen molar-refractivity contribution in [3.63, 3.8) is 0 Å². The molecule has 0 unspecified atom stereocenters. The quantitative estimate of drug-likeness (QED) is 0.365. The molecule has 2 heterocycles. The largest absolute Gasteiger partial charge is 0.460 e. The second-order valence-electron chi connectivity index (χ2n) is 10.3. The van der Waals surface area contributed by atoms with Crippen LogP contribution in [0.3, 0.4) is 0 Å². The lowest BCUT2D eigenvalue weighted by molar-refractivity contribution is -0.921. The Bertz CT molecular complexity index is 1040. The second kappa shape index (κ2) is 9.21. The number of halogens is 3. The van der Waals surface area contributed by atoms with E-state index in [0.717, 1.165) is 48.3 Å². The molecule has 0 radical (unpaired) electrons. The maximum Gasteiger partial charge on any atom is 0.399 e. The predicted octanol–water partition coefficient (Wildman–Crippen LogP) is 3.07. The number of nitrogens with zero attached hydrogens (tertiary/aromatic N) is 1. The number of aryl methyl sites for hydroxylation is 1. The highest BCUT2D eigenvalue weighted by Gasteiger charge is 2.66. The Morgan fingerprint density at radius 1 is 1.15 bits per heavy atom. The number of quaternary nitrogens is 1. The first-order valence-electron chi connectivity index (χ1n) is 11.9. The molecule has 8 heteroatoms. The first-order chi connectivity index (χ1) is 16.0. The predicted molar refractivity (Wildman–Crippen MR) is 124 cm³/mol. The minimum absolute atomic E-state index is 0.132. The van der Waals surface area contributed by atoms with Crippen LogP contribution in [0.1, 0.15) is 36.9 Å². The monoisotopic (exact) mass is 478 g/mol. The Morgan fingerprint density at radius 2 is 1.79 bits per heavy atom. The van der Waals surface area contributed by atoms with Gasteiger partial charge in [0.25, 0.3) is 0 Å². The third kappa shape index (κ3) is 5.22. The van der Waals surface area contributed by atoms with Crippen LogP contribution in [-0.4, -0.2) is 62.0 Å². The molecule has 1 aliphatic heterocycles. The number of benzene rings is 1. The molecule has 1 saturated carbocycles. The van der Waals surface area contributed by atoms with E-state index in [2.05, 4.69) is 9.98 Å². The fourth-order valence-electron chi connectivity index (χ4n) is 5.12. The molecular weight excluding hydrogens is 443 g/mol. The van der Waals surface area contributed by atoms with E-state index in [0.29, 0.717) is 22.9 Å². The number of aromatic amines is 1. The van der Waals surface area contributed by atoms with Crippen LogP contribution in [0.2, 0.25) is 0 Å². The number of aliphatic hydroxyl groups is 1. The first kappa shape index (κ1) is 24.5. The summed E-state index contributed by atoms with van der Waals surface area (Å²) in [5.74, 6) is 1.17. The number of aromatic nitrogens is 1. The van der Waals surface area contributed by atoms with Crippen LogP contribution in [0.5, 0.6) is 5.88 Å². The minimum Gasteiger partial charge on any atom is -0.460 e. The molecule has 1 aromatic carbocycles. The number of hydrogen-bond acceptors (Lipinski definition) is 1. The van der Waals surface area contributed by atoms with Crippen molar-refractivity contribution in [1.29, 1.82) is 0 Å². The van der Waals surface area contributed by atoms with Gasteiger partial charge in [0.1, 0.15) is 12.5 Å². The molecule has 0 spiro atoms. The third-order valence-electron chi connectivity index (χ3n) is 7.59. The molecule has 4 rings (SSSR count). The second-order valence-corrected chi connectivity index (χ2v) is 10.3. The molecule has 0 atom stereocenters. The molecule has 5 nitrogen and oxygen atoms in total. The maximum atomic E-state index is 13.4. The molecule has 1 aromatic heterocycles. The van der Waals surface area contributed by atoms with E-state index in [4.69, 9.17) is 4.74 Å². The molecule has 2 aliphatic rings. The Kier molecular flexibility index (Phi) is 6.64. The number of aliphatic hydroxyl groups excluding tert-OH is 1. The SMILES string of the molecule is C[NH+]=C(O)c1ccc(-c2ccc(OCC3CC[N+](C)(CC4(C(F)(F)F)CC4)CC3)[nH+]c2C)cc1. The number of pyridine rings is 1. The summed E-state index contributed by atoms with van der Waals surface area (Å²) in [6.07, 6.45) is -1.76. The lowest BCUT2D eigenvalue weighted by atomic mass is 9.94. The summed E-state index contributed by atoms with van der Waals surface area (Å²) in [5, 5.41) is 9.80. The number of hydrogen-bond donors (Lipinski definition) is 2. The van der Waals surface area contributed by atoms with Gasteiger partial charge in [-0.15, -0.1) is 0 Å². The highest BCUT2D eigenvalue weighted by Crippen LogP contribution is 2.58. The minimum atomic E-state index is -4.08. The van der Waals surface area contributed by atoms with Crippen LogP contribution in [0, 0.1) is 18.3 Å². The van der Waals surface area contributed by atoms with E-state index in [1.165, 1.54) is 0 Å². The van der Waals surface area contributed by atoms with E-state index < -0.39 is 11.6 Å². The fraction of sp³-hybridized carbons (Fsp3) is 0.538. The van der Waals surface area contributed by atoms with E-state index in [1.54, 1.807) is 7.05 Å². The summed E-state index contributed by atoms with van der Waals surface area (Å²) in [5.41, 5.74) is 2.34. The molecule has 184 valence electrons. The van der Waals surface area contributed by atoms with E-state index >= 15 is 0 Å². The number of likely N-dealkylation sites (tertiary alicyclic amines) is 1.